The van der Waals surface area contributed by atoms with E-state index in [2.05, 4.69) is 15.2 Å². The van der Waals surface area contributed by atoms with Crippen molar-refractivity contribution in [2.24, 2.45) is 0 Å². The molecule has 3 heterocycles. The Bertz CT molecular complexity index is 1250. The van der Waals surface area contributed by atoms with Gasteiger partial charge >= 0.3 is 6.09 Å². The first kappa shape index (κ1) is 33.7. The summed E-state index contributed by atoms with van der Waals surface area (Å²) >= 11 is 0. The number of amides is 1. The molecule has 41 heavy (non-hydrogen) atoms. The van der Waals surface area contributed by atoms with Gasteiger partial charge < -0.3 is 9.64 Å². The molecule has 1 saturated heterocycles. The Morgan fingerprint density at radius 3 is 2.22 bits per heavy atom. The molecule has 1 aliphatic heterocycles. The van der Waals surface area contributed by atoms with Crippen LogP contribution in [0.5, 0.6) is 0 Å². The van der Waals surface area contributed by atoms with E-state index in [0.29, 0.717) is 25.2 Å². The van der Waals surface area contributed by atoms with Gasteiger partial charge in [-0.15, -0.1) is 0 Å². The van der Waals surface area contributed by atoms with Crippen LogP contribution < -0.4 is 0 Å². The molecule has 1 amide bonds. The monoisotopic (exact) mass is 569 g/mol. The summed E-state index contributed by atoms with van der Waals surface area (Å²) in [5, 5.41) is 8.55. The van der Waals surface area contributed by atoms with E-state index >= 15 is 0 Å². The third-order valence-electron chi connectivity index (χ3n) is 6.57. The van der Waals surface area contributed by atoms with E-state index in [0.717, 1.165) is 29.9 Å². The molecule has 3 aromatic rings. The van der Waals surface area contributed by atoms with Crippen LogP contribution in [-0.2, 0) is 11.2 Å². The van der Waals surface area contributed by atoms with E-state index in [-0.39, 0.29) is 29.2 Å². The van der Waals surface area contributed by atoms with Crippen molar-refractivity contribution in [1.29, 1.82) is 0 Å². The number of nitrogens with zero attached hydrogens (tertiary/aromatic N) is 5. The Kier molecular flexibility index (Phi) is 12.7. The minimum atomic E-state index is -0.671. The molecule has 0 spiro atoms. The summed E-state index contributed by atoms with van der Waals surface area (Å²) < 4.78 is 34.1. The van der Waals surface area contributed by atoms with Crippen LogP contribution in [0, 0.1) is 11.6 Å². The highest BCUT2D eigenvalue weighted by atomic mass is 19.1. The van der Waals surface area contributed by atoms with Crippen molar-refractivity contribution in [3.05, 3.63) is 70.9 Å². The minimum Gasteiger partial charge on any atom is -0.444 e. The summed E-state index contributed by atoms with van der Waals surface area (Å²) in [4.78, 5) is 23.5. The number of carbonyl (C=O) groups excluding carboxylic acids is 1. The zero-order valence-corrected chi connectivity index (χ0v) is 26.0. The number of rotatable bonds is 5. The van der Waals surface area contributed by atoms with Crippen LogP contribution in [0.15, 0.2) is 36.5 Å². The Hall–Kier alpha value is -3.49. The van der Waals surface area contributed by atoms with Gasteiger partial charge in [0.1, 0.15) is 23.1 Å². The quantitative estimate of drug-likeness (QED) is 0.309. The molecule has 0 radical (unpaired) electrons. The van der Waals surface area contributed by atoms with Crippen LogP contribution in [-0.4, -0.2) is 49.8 Å². The number of benzene rings is 1. The average Bonchev–Trinajstić information content (AvgIpc) is 2.98. The summed E-state index contributed by atoms with van der Waals surface area (Å²) in [5.74, 6) is -0.658. The number of ether oxygens (including phenoxy) is 1. The summed E-state index contributed by atoms with van der Waals surface area (Å²) in [6.07, 6.45) is 3.58. The maximum atomic E-state index is 14.3. The Balaban J connectivity index is 0.00000141. The zero-order chi connectivity index (χ0) is 30.7. The fourth-order valence-electron chi connectivity index (χ4n) is 4.57. The van der Waals surface area contributed by atoms with Crippen molar-refractivity contribution in [2.45, 2.75) is 99.0 Å². The van der Waals surface area contributed by atoms with Crippen molar-refractivity contribution < 1.29 is 18.3 Å². The van der Waals surface area contributed by atoms with E-state index in [1.807, 2.05) is 68.4 Å². The molecule has 1 fully saturated rings. The zero-order valence-electron chi connectivity index (χ0n) is 26.0. The minimum absolute atomic E-state index is 0.133. The van der Waals surface area contributed by atoms with Crippen LogP contribution in [0.1, 0.15) is 110 Å². The predicted molar refractivity (Wildman–Crippen MR) is 159 cm³/mol. The lowest BCUT2D eigenvalue weighted by Gasteiger charge is -2.33. The fraction of sp³-hybridized carbons (Fsp3) is 0.531. The largest absolute Gasteiger partial charge is 0.444 e. The molecular weight excluding hydrogens is 524 g/mol. The number of likely N-dealkylation sites (tertiary alicyclic amines) is 1. The van der Waals surface area contributed by atoms with Crippen molar-refractivity contribution in [2.75, 3.05) is 13.1 Å². The third kappa shape index (κ3) is 8.75. The van der Waals surface area contributed by atoms with E-state index in [9.17, 15) is 13.6 Å². The van der Waals surface area contributed by atoms with Gasteiger partial charge in [-0.2, -0.15) is 10.2 Å². The number of hydrogen-bond acceptors (Lipinski definition) is 6. The average molecular weight is 570 g/mol. The first-order chi connectivity index (χ1) is 19.6. The highest BCUT2D eigenvalue weighted by Crippen LogP contribution is 2.31. The second-order valence-corrected chi connectivity index (χ2v) is 10.4. The highest BCUT2D eigenvalue weighted by molar-refractivity contribution is 5.68. The van der Waals surface area contributed by atoms with Crippen LogP contribution in [0.4, 0.5) is 13.6 Å². The van der Waals surface area contributed by atoms with Gasteiger partial charge in [-0.1, -0.05) is 47.6 Å². The SMILES string of the molecule is CC.CC.CCc1cc(-c2c(F)cccc2F)nnc1C(C)c1ccnc(C2CCN(C(=O)OC(C)(C)C)CC2)n1. The summed E-state index contributed by atoms with van der Waals surface area (Å²) in [5.41, 5.74) is 1.84. The first-order valence-corrected chi connectivity index (χ1v) is 14.7. The van der Waals surface area contributed by atoms with Gasteiger partial charge in [-0.3, -0.25) is 0 Å². The lowest BCUT2D eigenvalue weighted by Crippen LogP contribution is -2.41. The van der Waals surface area contributed by atoms with Crippen molar-refractivity contribution >= 4 is 6.09 Å². The molecule has 224 valence electrons. The van der Waals surface area contributed by atoms with Crippen molar-refractivity contribution in [3.8, 4) is 11.3 Å². The summed E-state index contributed by atoms with van der Waals surface area (Å²) in [7, 11) is 0. The number of carbonyl (C=O) groups is 1. The number of piperidine rings is 1. The second kappa shape index (κ2) is 15.5. The Morgan fingerprint density at radius 2 is 1.66 bits per heavy atom. The number of halogens is 2. The van der Waals surface area contributed by atoms with Crippen LogP contribution in [0.25, 0.3) is 11.3 Å². The van der Waals surface area contributed by atoms with E-state index in [4.69, 9.17) is 9.72 Å². The van der Waals surface area contributed by atoms with Gasteiger partial charge in [0, 0.05) is 31.1 Å². The molecule has 1 aromatic carbocycles. The van der Waals surface area contributed by atoms with Gasteiger partial charge in [0.2, 0.25) is 0 Å². The van der Waals surface area contributed by atoms with Crippen LogP contribution in [0.2, 0.25) is 0 Å². The normalized spacial score (nSPS) is 14.3. The third-order valence-corrected chi connectivity index (χ3v) is 6.57. The van der Waals surface area contributed by atoms with Crippen LogP contribution in [0.3, 0.4) is 0 Å². The smallest absolute Gasteiger partial charge is 0.410 e. The first-order valence-electron chi connectivity index (χ1n) is 14.7. The topological polar surface area (TPSA) is 81.1 Å². The molecule has 2 aromatic heterocycles. The molecule has 0 saturated carbocycles. The lowest BCUT2D eigenvalue weighted by atomic mass is 9.94. The molecule has 0 N–H and O–H groups in total. The Morgan fingerprint density at radius 1 is 1.05 bits per heavy atom. The maximum Gasteiger partial charge on any atom is 0.410 e. The molecule has 0 bridgehead atoms. The standard InChI is InChI=1S/C28H33F2N5O2.2C2H6/c1-6-18-16-23(24-20(29)8-7-9-21(24)30)33-34-25(18)17(2)22-10-13-31-26(32-22)19-11-14-35(15-12-19)27(36)37-28(3,4)5;2*1-2/h7-10,13,16-17,19H,6,11-12,14-15H2,1-5H3;2*1-2H3. The Labute approximate surface area is 243 Å². The maximum absolute atomic E-state index is 14.3. The molecule has 7 nitrogen and oxygen atoms in total. The molecule has 0 aliphatic carbocycles. The predicted octanol–water partition coefficient (Wildman–Crippen LogP) is 8.09. The number of aryl methyl sites for hydroxylation is 1. The van der Waals surface area contributed by atoms with Crippen molar-refractivity contribution in [1.82, 2.24) is 25.1 Å². The number of hydrogen-bond donors (Lipinski definition) is 0. The van der Waals surface area contributed by atoms with Gasteiger partial charge in [-0.05, 0) is 69.9 Å². The highest BCUT2D eigenvalue weighted by Gasteiger charge is 2.29. The van der Waals surface area contributed by atoms with Gasteiger partial charge in [0.25, 0.3) is 0 Å². The molecule has 4 rings (SSSR count). The van der Waals surface area contributed by atoms with E-state index in [1.54, 1.807) is 17.2 Å². The fourth-order valence-corrected chi connectivity index (χ4v) is 4.57. The molecule has 1 atom stereocenters. The lowest BCUT2D eigenvalue weighted by molar-refractivity contribution is 0.0203. The van der Waals surface area contributed by atoms with E-state index < -0.39 is 17.2 Å². The van der Waals surface area contributed by atoms with Gasteiger partial charge in [-0.25, -0.2) is 23.5 Å². The second-order valence-electron chi connectivity index (χ2n) is 10.4. The molecule has 1 aliphatic rings. The summed E-state index contributed by atoms with van der Waals surface area (Å²) in [6.45, 7) is 18.7. The van der Waals surface area contributed by atoms with Crippen molar-refractivity contribution in [3.63, 3.8) is 0 Å². The summed E-state index contributed by atoms with van der Waals surface area (Å²) in [6, 6.07) is 7.31. The molecular formula is C32H45F2N5O2. The van der Waals surface area contributed by atoms with E-state index in [1.165, 1.54) is 18.2 Å². The van der Waals surface area contributed by atoms with Crippen LogP contribution >= 0.6 is 0 Å². The van der Waals surface area contributed by atoms with Gasteiger partial charge in [0.15, 0.2) is 0 Å². The molecule has 1 unspecified atom stereocenters. The molecule has 9 heteroatoms. The number of aromatic nitrogens is 4. The van der Waals surface area contributed by atoms with Gasteiger partial charge in [0.05, 0.1) is 22.6 Å².